The Hall–Kier alpha value is -1.59. The van der Waals surface area contributed by atoms with Crippen molar-refractivity contribution in [1.29, 1.82) is 0 Å². The molecule has 2 heterocycles. The van der Waals surface area contributed by atoms with Gasteiger partial charge in [-0.1, -0.05) is 11.6 Å². The third-order valence-electron chi connectivity index (χ3n) is 5.76. The minimum absolute atomic E-state index is 0.739. The van der Waals surface area contributed by atoms with Crippen LogP contribution in [0.5, 0.6) is 5.75 Å². The van der Waals surface area contributed by atoms with E-state index in [4.69, 9.17) is 9.57 Å². The van der Waals surface area contributed by atoms with Crippen LogP contribution in [-0.2, 0) is 4.84 Å². The van der Waals surface area contributed by atoms with Crippen molar-refractivity contribution in [3.63, 3.8) is 0 Å². The number of likely N-dealkylation sites (tertiary alicyclic amines) is 2. The molecule has 2 aliphatic rings. The molecule has 0 aromatic heterocycles. The van der Waals surface area contributed by atoms with Crippen molar-refractivity contribution in [2.24, 2.45) is 5.16 Å². The van der Waals surface area contributed by atoms with Gasteiger partial charge in [0.25, 0.3) is 0 Å². The lowest BCUT2D eigenvalue weighted by atomic mass is 10.1. The van der Waals surface area contributed by atoms with Crippen molar-refractivity contribution in [3.8, 4) is 5.75 Å². The fourth-order valence-electron chi connectivity index (χ4n) is 4.14. The summed E-state index contributed by atoms with van der Waals surface area (Å²) in [5.41, 5.74) is 2.11. The number of piperidine rings is 1. The van der Waals surface area contributed by atoms with Crippen LogP contribution in [0.1, 0.15) is 51.0 Å². The number of oxime groups is 1. The van der Waals surface area contributed by atoms with E-state index in [9.17, 15) is 0 Å². The molecule has 2 saturated heterocycles. The summed E-state index contributed by atoms with van der Waals surface area (Å²) in [6.07, 6.45) is 7.66. The standard InChI is InChI=1S/C22H35N3O2/c1-19-8-6-15-25(19)16-7-17-27-21-11-9-20(10-12-21)22(23-26-2)18-24-13-4-3-5-14-24/h9-12,19H,3-8,13-18H2,1-2H3. The first kappa shape index (κ1) is 20.2. The molecule has 5 heteroatoms. The molecule has 3 rings (SSSR count). The van der Waals surface area contributed by atoms with Gasteiger partial charge in [0.1, 0.15) is 18.6 Å². The highest BCUT2D eigenvalue weighted by Crippen LogP contribution is 2.18. The second-order valence-corrected chi connectivity index (χ2v) is 7.81. The highest BCUT2D eigenvalue weighted by atomic mass is 16.6. The molecular weight excluding hydrogens is 338 g/mol. The molecule has 0 N–H and O–H groups in total. The maximum Gasteiger partial charge on any atom is 0.119 e. The molecule has 0 spiro atoms. The van der Waals surface area contributed by atoms with Gasteiger partial charge < -0.3 is 14.5 Å². The lowest BCUT2D eigenvalue weighted by Gasteiger charge is -2.26. The first-order valence-corrected chi connectivity index (χ1v) is 10.6. The monoisotopic (exact) mass is 373 g/mol. The van der Waals surface area contributed by atoms with Gasteiger partial charge in [-0.25, -0.2) is 0 Å². The van der Waals surface area contributed by atoms with Gasteiger partial charge in [0.05, 0.1) is 6.61 Å². The van der Waals surface area contributed by atoms with E-state index in [2.05, 4.69) is 46.1 Å². The molecule has 0 saturated carbocycles. The van der Waals surface area contributed by atoms with Crippen molar-refractivity contribution < 1.29 is 9.57 Å². The second kappa shape index (κ2) is 10.7. The fourth-order valence-corrected chi connectivity index (χ4v) is 4.14. The van der Waals surface area contributed by atoms with E-state index in [1.165, 1.54) is 38.6 Å². The van der Waals surface area contributed by atoms with Gasteiger partial charge in [0.2, 0.25) is 0 Å². The summed E-state index contributed by atoms with van der Waals surface area (Å²) in [6, 6.07) is 9.03. The minimum Gasteiger partial charge on any atom is -0.494 e. The van der Waals surface area contributed by atoms with Crippen molar-refractivity contribution in [2.45, 2.75) is 51.5 Å². The van der Waals surface area contributed by atoms with Crippen LogP contribution in [0.4, 0.5) is 0 Å². The number of hydrogen-bond donors (Lipinski definition) is 0. The molecule has 1 aromatic carbocycles. The summed E-state index contributed by atoms with van der Waals surface area (Å²) in [4.78, 5) is 10.1. The lowest BCUT2D eigenvalue weighted by Crippen LogP contribution is -2.34. The summed E-state index contributed by atoms with van der Waals surface area (Å²) < 4.78 is 5.94. The molecule has 1 atom stereocenters. The quantitative estimate of drug-likeness (QED) is 0.375. The van der Waals surface area contributed by atoms with Crippen LogP contribution in [0, 0.1) is 0 Å². The maximum atomic E-state index is 5.94. The maximum absolute atomic E-state index is 5.94. The molecule has 0 amide bonds. The van der Waals surface area contributed by atoms with Crippen molar-refractivity contribution in [1.82, 2.24) is 9.80 Å². The summed E-state index contributed by atoms with van der Waals surface area (Å²) >= 11 is 0. The summed E-state index contributed by atoms with van der Waals surface area (Å²) in [5, 5.41) is 4.27. The molecule has 2 fully saturated rings. The summed E-state index contributed by atoms with van der Waals surface area (Å²) in [5.74, 6) is 0.933. The summed E-state index contributed by atoms with van der Waals surface area (Å²) in [6.45, 7) is 8.64. The van der Waals surface area contributed by atoms with Crippen LogP contribution in [0.15, 0.2) is 29.4 Å². The van der Waals surface area contributed by atoms with E-state index < -0.39 is 0 Å². The molecule has 0 aliphatic carbocycles. The zero-order valence-electron chi connectivity index (χ0n) is 17.0. The number of rotatable bonds is 9. The van der Waals surface area contributed by atoms with E-state index in [1.807, 2.05) is 0 Å². The SMILES string of the molecule is CON=C(CN1CCCCC1)c1ccc(OCCCN2CCCC2C)cc1. The molecule has 5 nitrogen and oxygen atoms in total. The zero-order valence-corrected chi connectivity index (χ0v) is 17.0. The number of hydrogen-bond acceptors (Lipinski definition) is 5. The molecule has 0 bridgehead atoms. The molecule has 0 radical (unpaired) electrons. The predicted octanol–water partition coefficient (Wildman–Crippen LogP) is 3.78. The van der Waals surface area contributed by atoms with Crippen molar-refractivity contribution in [3.05, 3.63) is 29.8 Å². The van der Waals surface area contributed by atoms with Gasteiger partial charge in [0, 0.05) is 24.7 Å². The van der Waals surface area contributed by atoms with Crippen molar-refractivity contribution >= 4 is 5.71 Å². The Morgan fingerprint density at radius 3 is 2.52 bits per heavy atom. The highest BCUT2D eigenvalue weighted by Gasteiger charge is 2.19. The van der Waals surface area contributed by atoms with E-state index in [1.54, 1.807) is 7.11 Å². The Labute approximate surface area is 164 Å². The van der Waals surface area contributed by atoms with Crippen LogP contribution in [-0.4, -0.2) is 68.0 Å². The number of ether oxygens (including phenoxy) is 1. The molecule has 2 aliphatic heterocycles. The molecule has 1 unspecified atom stereocenters. The Bertz CT molecular complexity index is 582. The van der Waals surface area contributed by atoms with Gasteiger partial charge in [-0.15, -0.1) is 0 Å². The lowest BCUT2D eigenvalue weighted by molar-refractivity contribution is 0.207. The first-order valence-electron chi connectivity index (χ1n) is 10.6. The first-order chi connectivity index (χ1) is 13.3. The van der Waals surface area contributed by atoms with Gasteiger partial charge in [-0.3, -0.25) is 4.90 Å². The Morgan fingerprint density at radius 2 is 1.85 bits per heavy atom. The van der Waals surface area contributed by atoms with Crippen LogP contribution in [0.2, 0.25) is 0 Å². The Morgan fingerprint density at radius 1 is 1.07 bits per heavy atom. The smallest absolute Gasteiger partial charge is 0.119 e. The van der Waals surface area contributed by atoms with Gasteiger partial charge in [-0.05, 0) is 82.9 Å². The highest BCUT2D eigenvalue weighted by molar-refractivity contribution is 6.01. The van der Waals surface area contributed by atoms with Crippen LogP contribution >= 0.6 is 0 Å². The third-order valence-corrected chi connectivity index (χ3v) is 5.76. The van der Waals surface area contributed by atoms with E-state index in [0.29, 0.717) is 0 Å². The van der Waals surface area contributed by atoms with Gasteiger partial charge >= 0.3 is 0 Å². The van der Waals surface area contributed by atoms with Crippen LogP contribution in [0.3, 0.4) is 0 Å². The van der Waals surface area contributed by atoms with E-state index >= 15 is 0 Å². The molecule has 150 valence electrons. The van der Waals surface area contributed by atoms with E-state index in [-0.39, 0.29) is 0 Å². The second-order valence-electron chi connectivity index (χ2n) is 7.81. The normalized spacial score (nSPS) is 22.1. The Kier molecular flexibility index (Phi) is 7.96. The average Bonchev–Trinajstić information content (AvgIpc) is 3.11. The molecule has 27 heavy (non-hydrogen) atoms. The average molecular weight is 374 g/mol. The largest absolute Gasteiger partial charge is 0.494 e. The predicted molar refractivity (Wildman–Crippen MR) is 111 cm³/mol. The zero-order chi connectivity index (χ0) is 18.9. The van der Waals surface area contributed by atoms with E-state index in [0.717, 1.165) is 62.3 Å². The van der Waals surface area contributed by atoms with Crippen LogP contribution in [0.25, 0.3) is 0 Å². The topological polar surface area (TPSA) is 37.3 Å². The fraction of sp³-hybridized carbons (Fsp3) is 0.682. The number of benzene rings is 1. The van der Waals surface area contributed by atoms with Crippen LogP contribution < -0.4 is 4.74 Å². The van der Waals surface area contributed by atoms with Gasteiger partial charge in [0.15, 0.2) is 0 Å². The third kappa shape index (κ3) is 6.22. The molecular formula is C22H35N3O2. The summed E-state index contributed by atoms with van der Waals surface area (Å²) in [7, 11) is 1.62. The Balaban J connectivity index is 1.46. The molecule has 1 aromatic rings. The number of nitrogens with zero attached hydrogens (tertiary/aromatic N) is 3. The van der Waals surface area contributed by atoms with Crippen molar-refractivity contribution in [2.75, 3.05) is 46.4 Å². The minimum atomic E-state index is 0.739. The van der Waals surface area contributed by atoms with Gasteiger partial charge in [-0.2, -0.15) is 0 Å².